The van der Waals surface area contributed by atoms with Gasteiger partial charge in [0.05, 0.1) is 13.2 Å². The van der Waals surface area contributed by atoms with Crippen LogP contribution in [0.2, 0.25) is 0 Å². The molecule has 3 aliphatic heterocycles. The smallest absolute Gasteiger partial charge is 0.246 e. The van der Waals surface area contributed by atoms with Crippen LogP contribution in [0.1, 0.15) is 36.8 Å². The maximum atomic E-state index is 13.3. The summed E-state index contributed by atoms with van der Waals surface area (Å²) in [6, 6.07) is 19.2. The van der Waals surface area contributed by atoms with Gasteiger partial charge in [-0.15, -0.1) is 0 Å². The van der Waals surface area contributed by atoms with Crippen molar-refractivity contribution >= 4 is 11.8 Å². The van der Waals surface area contributed by atoms with E-state index in [2.05, 4.69) is 11.0 Å². The number of piperidine rings is 2. The molecule has 0 aliphatic carbocycles. The Morgan fingerprint density at radius 2 is 1.06 bits per heavy atom. The molecule has 0 saturated carbocycles. The lowest BCUT2D eigenvalue weighted by Crippen LogP contribution is -2.70. The molecule has 4 atom stereocenters. The van der Waals surface area contributed by atoms with E-state index in [1.807, 2.05) is 60.7 Å². The number of hydroxylamine groups is 2. The Morgan fingerprint density at radius 3 is 1.47 bits per heavy atom. The van der Waals surface area contributed by atoms with Gasteiger partial charge in [0.2, 0.25) is 11.8 Å². The Bertz CT molecular complexity index is 894. The number of benzene rings is 2. The number of nitrogens with one attached hydrogen (secondary N) is 2. The first kappa shape index (κ1) is 23.0. The van der Waals surface area contributed by atoms with Gasteiger partial charge in [-0.3, -0.25) is 19.3 Å². The summed E-state index contributed by atoms with van der Waals surface area (Å²) in [5.41, 5.74) is 8.39. The van der Waals surface area contributed by atoms with Gasteiger partial charge < -0.3 is 9.80 Å². The number of fused-ring (bicyclic) bond motifs is 2. The zero-order valence-electron chi connectivity index (χ0n) is 19.3. The number of carbonyl (C=O) groups excluding carboxylic acids is 2. The molecular formula is C26H32N4O4. The third-order valence-electron chi connectivity index (χ3n) is 6.96. The lowest BCUT2D eigenvalue weighted by atomic mass is 9.88. The first-order valence-electron chi connectivity index (χ1n) is 12.1. The molecule has 8 heteroatoms. The lowest BCUT2D eigenvalue weighted by molar-refractivity contribution is -0.169. The summed E-state index contributed by atoms with van der Waals surface area (Å²) in [4.78, 5) is 41.5. The quantitative estimate of drug-likeness (QED) is 0.583. The van der Waals surface area contributed by atoms with Crippen LogP contribution < -0.4 is 11.0 Å². The highest BCUT2D eigenvalue weighted by molar-refractivity contribution is 5.97. The zero-order chi connectivity index (χ0) is 23.3. The van der Waals surface area contributed by atoms with Crippen molar-refractivity contribution in [3.8, 4) is 0 Å². The fourth-order valence-electron chi connectivity index (χ4n) is 5.15. The number of hydrogen-bond acceptors (Lipinski definition) is 6. The average Bonchev–Trinajstić information content (AvgIpc) is 2.88. The molecule has 0 spiro atoms. The van der Waals surface area contributed by atoms with Gasteiger partial charge >= 0.3 is 0 Å². The van der Waals surface area contributed by atoms with Crippen LogP contribution in [0.4, 0.5) is 0 Å². The molecule has 2 amide bonds. The molecule has 0 aromatic heterocycles. The monoisotopic (exact) mass is 464 g/mol. The van der Waals surface area contributed by atoms with Crippen LogP contribution in [-0.2, 0) is 32.5 Å². The molecule has 3 heterocycles. The van der Waals surface area contributed by atoms with Crippen molar-refractivity contribution in [2.45, 2.75) is 63.1 Å². The van der Waals surface area contributed by atoms with Crippen LogP contribution in [0.15, 0.2) is 60.7 Å². The van der Waals surface area contributed by atoms with Gasteiger partial charge in [0, 0.05) is 25.2 Å². The second kappa shape index (κ2) is 10.7. The van der Waals surface area contributed by atoms with E-state index in [-0.39, 0.29) is 36.0 Å². The molecule has 8 nitrogen and oxygen atoms in total. The lowest BCUT2D eigenvalue weighted by Gasteiger charge is -2.51. The van der Waals surface area contributed by atoms with Crippen LogP contribution in [-0.4, -0.2) is 58.9 Å². The van der Waals surface area contributed by atoms with Gasteiger partial charge in [-0.1, -0.05) is 60.7 Å². The minimum absolute atomic E-state index is 0.0210. The summed E-state index contributed by atoms with van der Waals surface area (Å²) >= 11 is 0. The molecule has 2 aromatic rings. The molecule has 0 unspecified atom stereocenters. The molecular weight excluding hydrogens is 432 g/mol. The van der Waals surface area contributed by atoms with Crippen molar-refractivity contribution < 1.29 is 19.3 Å². The summed E-state index contributed by atoms with van der Waals surface area (Å²) in [6.07, 6.45) is 2.86. The largest absolute Gasteiger partial charge is 0.327 e. The van der Waals surface area contributed by atoms with E-state index < -0.39 is 0 Å². The van der Waals surface area contributed by atoms with Gasteiger partial charge in [-0.05, 0) is 36.8 Å². The summed E-state index contributed by atoms with van der Waals surface area (Å²) < 4.78 is 0. The highest BCUT2D eigenvalue weighted by atomic mass is 16.6. The van der Waals surface area contributed by atoms with E-state index in [1.54, 1.807) is 9.80 Å². The normalized spacial score (nSPS) is 26.8. The number of nitrogens with zero attached hydrogens (tertiary/aromatic N) is 2. The van der Waals surface area contributed by atoms with Crippen molar-refractivity contribution in [1.29, 1.82) is 0 Å². The van der Waals surface area contributed by atoms with Crippen molar-refractivity contribution in [2.24, 2.45) is 0 Å². The van der Waals surface area contributed by atoms with Crippen LogP contribution in [0, 0.1) is 0 Å². The van der Waals surface area contributed by atoms with Crippen molar-refractivity contribution in [3.63, 3.8) is 0 Å². The Hall–Kier alpha value is -2.78. The average molecular weight is 465 g/mol. The Kier molecular flexibility index (Phi) is 7.20. The zero-order valence-corrected chi connectivity index (χ0v) is 19.3. The number of rotatable bonds is 8. The Labute approximate surface area is 200 Å². The summed E-state index contributed by atoms with van der Waals surface area (Å²) in [5.74, 6) is 0.116. The van der Waals surface area contributed by atoms with Gasteiger partial charge in [0.15, 0.2) is 0 Å². The fourth-order valence-corrected chi connectivity index (χ4v) is 5.15. The van der Waals surface area contributed by atoms with E-state index >= 15 is 0 Å². The maximum absolute atomic E-state index is 13.3. The minimum atomic E-state index is -0.375. The summed E-state index contributed by atoms with van der Waals surface area (Å²) in [5, 5.41) is 0. The van der Waals surface area contributed by atoms with E-state index in [4.69, 9.17) is 9.68 Å². The van der Waals surface area contributed by atoms with Crippen LogP contribution in [0.5, 0.6) is 0 Å². The molecule has 0 radical (unpaired) electrons. The number of hydrogen-bond donors (Lipinski definition) is 2. The van der Waals surface area contributed by atoms with Gasteiger partial charge in [0.1, 0.15) is 12.1 Å². The standard InChI is InChI=1S/C26H32N4O4/c31-25-24-14-12-22(28-34-18-20-9-5-2-6-10-20)16-30(24)26(32)23-13-11-21(15-29(23)25)27-33-17-19-7-3-1-4-8-19/h1-10,21-24,27-28H,11-18H2/t21-,22-,23+,24+/m1/s1. The van der Waals surface area contributed by atoms with Crippen LogP contribution >= 0.6 is 0 Å². The highest BCUT2D eigenvalue weighted by Gasteiger charge is 2.49. The van der Waals surface area contributed by atoms with Crippen molar-refractivity contribution in [1.82, 2.24) is 20.8 Å². The Morgan fingerprint density at radius 1 is 0.647 bits per heavy atom. The topological polar surface area (TPSA) is 83.1 Å². The molecule has 2 aromatic carbocycles. The maximum Gasteiger partial charge on any atom is 0.246 e. The number of amides is 2. The first-order valence-corrected chi connectivity index (χ1v) is 12.1. The van der Waals surface area contributed by atoms with Gasteiger partial charge in [-0.25, -0.2) is 0 Å². The third-order valence-corrected chi connectivity index (χ3v) is 6.96. The van der Waals surface area contributed by atoms with Crippen LogP contribution in [0.25, 0.3) is 0 Å². The first-order chi connectivity index (χ1) is 16.7. The molecule has 3 saturated heterocycles. The fraction of sp³-hybridized carbons (Fsp3) is 0.462. The molecule has 34 heavy (non-hydrogen) atoms. The van der Waals surface area contributed by atoms with Crippen molar-refractivity contribution in [2.75, 3.05) is 13.1 Å². The molecule has 0 bridgehead atoms. The summed E-state index contributed by atoms with van der Waals surface area (Å²) in [7, 11) is 0. The van der Waals surface area contributed by atoms with E-state index in [0.717, 1.165) is 24.0 Å². The van der Waals surface area contributed by atoms with E-state index in [1.165, 1.54) is 0 Å². The van der Waals surface area contributed by atoms with Crippen LogP contribution in [0.3, 0.4) is 0 Å². The van der Waals surface area contributed by atoms with Gasteiger partial charge in [0.25, 0.3) is 0 Å². The molecule has 3 aliphatic rings. The predicted molar refractivity (Wildman–Crippen MR) is 126 cm³/mol. The second-order valence-electron chi connectivity index (χ2n) is 9.35. The van der Waals surface area contributed by atoms with E-state index in [9.17, 15) is 9.59 Å². The number of piperazine rings is 1. The van der Waals surface area contributed by atoms with Crippen molar-refractivity contribution in [3.05, 3.63) is 71.8 Å². The third kappa shape index (κ3) is 5.15. The predicted octanol–water partition coefficient (Wildman–Crippen LogP) is 2.16. The highest BCUT2D eigenvalue weighted by Crippen LogP contribution is 2.31. The van der Waals surface area contributed by atoms with E-state index in [0.29, 0.717) is 39.1 Å². The van der Waals surface area contributed by atoms with Gasteiger partial charge in [-0.2, -0.15) is 11.0 Å². The number of carbonyl (C=O) groups is 2. The molecule has 3 fully saturated rings. The second-order valence-corrected chi connectivity index (χ2v) is 9.35. The Balaban J connectivity index is 1.12. The SMILES string of the molecule is O=C1[C@@H]2CC[C@@H](NOCc3ccccc3)CN2C(=O)[C@@H]2CC[C@@H](NOCc3ccccc3)CN12. The minimum Gasteiger partial charge on any atom is -0.327 e. The summed E-state index contributed by atoms with van der Waals surface area (Å²) in [6.45, 7) is 1.92. The molecule has 2 N–H and O–H groups in total. The molecule has 180 valence electrons. The molecule has 5 rings (SSSR count).